The van der Waals surface area contributed by atoms with Gasteiger partial charge in [0.25, 0.3) is 0 Å². The summed E-state index contributed by atoms with van der Waals surface area (Å²) in [6, 6.07) is 6.96. The van der Waals surface area contributed by atoms with Crippen LogP contribution in [0.1, 0.15) is 6.42 Å². The number of hydrogen-bond acceptors (Lipinski definition) is 3. The van der Waals surface area contributed by atoms with Gasteiger partial charge in [0, 0.05) is 23.7 Å². The van der Waals surface area contributed by atoms with Crippen LogP contribution in [0.2, 0.25) is 5.02 Å². The minimum Gasteiger partial charge on any atom is -0.469 e. The zero-order chi connectivity index (χ0) is 12.4. The van der Waals surface area contributed by atoms with E-state index < -0.39 is 0 Å². The molecule has 0 aromatic heterocycles. The third-order valence-corrected chi connectivity index (χ3v) is 3.05. The lowest BCUT2D eigenvalue weighted by molar-refractivity contribution is -0.145. The van der Waals surface area contributed by atoms with Crippen molar-refractivity contribution in [1.82, 2.24) is 0 Å². The Bertz CT molecular complexity index is 444. The molecule has 4 nitrogen and oxygen atoms in total. The maximum atomic E-state index is 11.8. The van der Waals surface area contributed by atoms with Crippen LogP contribution in [0.5, 0.6) is 0 Å². The summed E-state index contributed by atoms with van der Waals surface area (Å²) in [5.74, 6) is -0.777. The second-order valence-electron chi connectivity index (χ2n) is 3.90. The Morgan fingerprint density at radius 1 is 1.41 bits per heavy atom. The van der Waals surface area contributed by atoms with Gasteiger partial charge in [-0.05, 0) is 24.3 Å². The molecule has 0 radical (unpaired) electrons. The van der Waals surface area contributed by atoms with Crippen molar-refractivity contribution in [2.24, 2.45) is 5.92 Å². The van der Waals surface area contributed by atoms with Gasteiger partial charge in [-0.15, -0.1) is 0 Å². The Labute approximate surface area is 104 Å². The van der Waals surface area contributed by atoms with Gasteiger partial charge in [0.1, 0.15) is 0 Å². The lowest BCUT2D eigenvalue weighted by Gasteiger charge is -2.16. The number of halogens is 1. The molecule has 5 heteroatoms. The SMILES string of the molecule is COC(=O)[C@H]1CC(=O)N(c2ccc(Cl)cc2)C1. The predicted molar refractivity (Wildman–Crippen MR) is 63.9 cm³/mol. The van der Waals surface area contributed by atoms with E-state index in [1.807, 2.05) is 0 Å². The molecule has 1 aliphatic rings. The molecule has 90 valence electrons. The molecule has 0 unspecified atom stereocenters. The molecule has 2 rings (SSSR count). The van der Waals surface area contributed by atoms with E-state index in [2.05, 4.69) is 4.74 Å². The normalized spacial score (nSPS) is 19.5. The second-order valence-corrected chi connectivity index (χ2v) is 4.34. The molecule has 1 atom stereocenters. The first-order valence-corrected chi connectivity index (χ1v) is 5.63. The molecular formula is C12H12ClNO3. The summed E-state index contributed by atoms with van der Waals surface area (Å²) >= 11 is 5.78. The summed E-state index contributed by atoms with van der Waals surface area (Å²) in [4.78, 5) is 24.7. The van der Waals surface area contributed by atoms with E-state index in [1.54, 1.807) is 29.2 Å². The molecule has 0 aliphatic carbocycles. The zero-order valence-corrected chi connectivity index (χ0v) is 10.1. The summed E-state index contributed by atoms with van der Waals surface area (Å²) in [6.07, 6.45) is 0.204. The number of esters is 1. The summed E-state index contributed by atoms with van der Waals surface area (Å²) in [5.41, 5.74) is 0.755. The number of rotatable bonds is 2. The van der Waals surface area contributed by atoms with Gasteiger partial charge in [-0.25, -0.2) is 0 Å². The highest BCUT2D eigenvalue weighted by molar-refractivity contribution is 6.30. The molecule has 1 saturated heterocycles. The highest BCUT2D eigenvalue weighted by Gasteiger charge is 2.35. The monoisotopic (exact) mass is 253 g/mol. The number of benzene rings is 1. The summed E-state index contributed by atoms with van der Waals surface area (Å²) in [5, 5.41) is 0.616. The Morgan fingerprint density at radius 3 is 2.65 bits per heavy atom. The van der Waals surface area contributed by atoms with Gasteiger partial charge in [-0.3, -0.25) is 9.59 Å². The van der Waals surface area contributed by atoms with Gasteiger partial charge in [-0.1, -0.05) is 11.6 Å². The van der Waals surface area contributed by atoms with Gasteiger partial charge < -0.3 is 9.64 Å². The van der Waals surface area contributed by atoms with Crippen molar-refractivity contribution in [3.8, 4) is 0 Å². The van der Waals surface area contributed by atoms with Crippen LogP contribution in [-0.4, -0.2) is 25.5 Å². The van der Waals surface area contributed by atoms with Crippen molar-refractivity contribution in [3.63, 3.8) is 0 Å². The van der Waals surface area contributed by atoms with Crippen molar-refractivity contribution in [2.75, 3.05) is 18.6 Å². The molecule has 1 fully saturated rings. The van der Waals surface area contributed by atoms with E-state index in [9.17, 15) is 9.59 Å². The van der Waals surface area contributed by atoms with E-state index in [0.717, 1.165) is 5.69 Å². The summed E-state index contributed by atoms with van der Waals surface area (Å²) < 4.78 is 4.65. The average Bonchev–Trinajstić information content (AvgIpc) is 2.71. The minimum atomic E-state index is -0.372. The van der Waals surface area contributed by atoms with Crippen molar-refractivity contribution in [2.45, 2.75) is 6.42 Å². The Hall–Kier alpha value is -1.55. The van der Waals surface area contributed by atoms with E-state index in [1.165, 1.54) is 7.11 Å². The van der Waals surface area contributed by atoms with Crippen LogP contribution >= 0.6 is 11.6 Å². The van der Waals surface area contributed by atoms with Gasteiger partial charge in [0.15, 0.2) is 0 Å². The van der Waals surface area contributed by atoms with Crippen molar-refractivity contribution >= 4 is 29.2 Å². The number of carbonyl (C=O) groups excluding carboxylic acids is 2. The number of amides is 1. The van der Waals surface area contributed by atoms with Crippen LogP contribution < -0.4 is 4.90 Å². The maximum absolute atomic E-state index is 11.8. The zero-order valence-electron chi connectivity index (χ0n) is 9.35. The van der Waals surface area contributed by atoms with E-state index in [4.69, 9.17) is 11.6 Å². The van der Waals surface area contributed by atoms with Crippen LogP contribution in [0, 0.1) is 5.92 Å². The molecule has 1 aromatic rings. The first kappa shape index (κ1) is 11.9. The first-order valence-electron chi connectivity index (χ1n) is 5.25. The molecule has 17 heavy (non-hydrogen) atoms. The van der Waals surface area contributed by atoms with Crippen LogP contribution in [0.15, 0.2) is 24.3 Å². The number of ether oxygens (including phenoxy) is 1. The molecule has 0 N–H and O–H groups in total. The number of methoxy groups -OCH3 is 1. The lowest BCUT2D eigenvalue weighted by atomic mass is 10.1. The van der Waals surface area contributed by atoms with Crippen LogP contribution in [-0.2, 0) is 14.3 Å². The average molecular weight is 254 g/mol. The molecular weight excluding hydrogens is 242 g/mol. The van der Waals surface area contributed by atoms with Crippen LogP contribution in [0.4, 0.5) is 5.69 Å². The Morgan fingerprint density at radius 2 is 2.06 bits per heavy atom. The van der Waals surface area contributed by atoms with Crippen molar-refractivity contribution in [1.29, 1.82) is 0 Å². The summed E-state index contributed by atoms with van der Waals surface area (Å²) in [7, 11) is 1.33. The smallest absolute Gasteiger partial charge is 0.311 e. The van der Waals surface area contributed by atoms with Crippen molar-refractivity contribution < 1.29 is 14.3 Å². The Balaban J connectivity index is 2.15. The number of hydrogen-bond donors (Lipinski definition) is 0. The van der Waals surface area contributed by atoms with E-state index >= 15 is 0 Å². The van der Waals surface area contributed by atoms with E-state index in [0.29, 0.717) is 11.6 Å². The highest BCUT2D eigenvalue weighted by atomic mass is 35.5. The van der Waals surface area contributed by atoms with Gasteiger partial charge >= 0.3 is 5.97 Å². The second kappa shape index (κ2) is 4.75. The Kier molecular flexibility index (Phi) is 3.33. The van der Waals surface area contributed by atoms with Gasteiger partial charge in [0.05, 0.1) is 13.0 Å². The minimum absolute atomic E-state index is 0.0669. The standard InChI is InChI=1S/C12H12ClNO3/c1-17-12(16)8-6-11(15)14(7-8)10-4-2-9(13)3-5-10/h2-5,8H,6-7H2,1H3/t8-/m0/s1. The predicted octanol–water partition coefficient (Wildman–Crippen LogP) is 1.87. The lowest BCUT2D eigenvalue weighted by Crippen LogP contribution is -2.26. The fourth-order valence-corrected chi connectivity index (χ4v) is 2.03. The number of nitrogens with zero attached hydrogens (tertiary/aromatic N) is 1. The molecule has 1 heterocycles. The van der Waals surface area contributed by atoms with Gasteiger partial charge in [-0.2, -0.15) is 0 Å². The number of carbonyl (C=O) groups is 2. The fraction of sp³-hybridized carbons (Fsp3) is 0.333. The van der Waals surface area contributed by atoms with Crippen LogP contribution in [0.3, 0.4) is 0 Å². The third-order valence-electron chi connectivity index (χ3n) is 2.80. The first-order chi connectivity index (χ1) is 8.11. The molecule has 0 spiro atoms. The van der Waals surface area contributed by atoms with Crippen LogP contribution in [0.25, 0.3) is 0 Å². The molecule has 1 amide bonds. The summed E-state index contributed by atoms with van der Waals surface area (Å²) in [6.45, 7) is 0.368. The topological polar surface area (TPSA) is 46.6 Å². The van der Waals surface area contributed by atoms with Crippen molar-refractivity contribution in [3.05, 3.63) is 29.3 Å². The number of anilines is 1. The molecule has 0 bridgehead atoms. The molecule has 1 aromatic carbocycles. The van der Waals surface area contributed by atoms with Gasteiger partial charge in [0.2, 0.25) is 5.91 Å². The third kappa shape index (κ3) is 2.42. The largest absolute Gasteiger partial charge is 0.469 e. The van der Waals surface area contributed by atoms with E-state index in [-0.39, 0.29) is 24.2 Å². The highest BCUT2D eigenvalue weighted by Crippen LogP contribution is 2.26. The fourth-order valence-electron chi connectivity index (χ4n) is 1.90. The maximum Gasteiger partial charge on any atom is 0.311 e. The molecule has 0 saturated carbocycles. The molecule has 1 aliphatic heterocycles. The quantitative estimate of drug-likeness (QED) is 0.756.